The van der Waals surface area contributed by atoms with Gasteiger partial charge in [0.05, 0.1) is 5.69 Å². The maximum absolute atomic E-state index is 12.9. The van der Waals surface area contributed by atoms with E-state index in [0.29, 0.717) is 5.56 Å². The minimum atomic E-state index is -0.110. The van der Waals surface area contributed by atoms with Crippen molar-refractivity contribution in [2.45, 2.75) is 6.92 Å². The second-order valence-electron chi connectivity index (χ2n) is 7.35. The van der Waals surface area contributed by atoms with E-state index >= 15 is 0 Å². The molecular formula is C27H20N2OS. The van der Waals surface area contributed by atoms with Gasteiger partial charge in [-0.15, -0.1) is 11.3 Å². The van der Waals surface area contributed by atoms with Crippen LogP contribution in [0, 0.1) is 6.92 Å². The number of hydrogen-bond acceptors (Lipinski definition) is 3. The summed E-state index contributed by atoms with van der Waals surface area (Å²) in [5.74, 6) is -0.110. The standard InChI is InChI=1S/C27H20N2OS/c1-18-25(29-27(31-18)21-9-3-2-4-10-21)20-14-16-22(17-15-20)28-26(30)24-13-7-11-19-8-5-6-12-23(19)24/h2-17H,1H3,(H,28,30). The molecular weight excluding hydrogens is 400 g/mol. The molecule has 0 aliphatic heterocycles. The van der Waals surface area contributed by atoms with Crippen molar-refractivity contribution in [2.24, 2.45) is 0 Å². The molecule has 0 atom stereocenters. The number of nitrogens with one attached hydrogen (secondary N) is 1. The number of carbonyl (C=O) groups is 1. The second kappa shape index (κ2) is 8.17. The number of nitrogens with zero attached hydrogens (tertiary/aromatic N) is 1. The molecule has 0 aliphatic rings. The molecule has 31 heavy (non-hydrogen) atoms. The van der Waals surface area contributed by atoms with Crippen molar-refractivity contribution < 1.29 is 4.79 Å². The van der Waals surface area contributed by atoms with Crippen molar-refractivity contribution in [3.05, 3.63) is 108 Å². The van der Waals surface area contributed by atoms with Gasteiger partial charge in [-0.05, 0) is 35.9 Å². The number of aromatic nitrogens is 1. The van der Waals surface area contributed by atoms with Crippen LogP contribution in [0.4, 0.5) is 5.69 Å². The summed E-state index contributed by atoms with van der Waals surface area (Å²) in [6.07, 6.45) is 0. The number of benzene rings is 4. The van der Waals surface area contributed by atoms with Crippen molar-refractivity contribution in [1.29, 1.82) is 0 Å². The van der Waals surface area contributed by atoms with Crippen LogP contribution in [0.2, 0.25) is 0 Å². The number of fused-ring (bicyclic) bond motifs is 1. The van der Waals surface area contributed by atoms with Crippen molar-refractivity contribution in [2.75, 3.05) is 5.32 Å². The Bertz CT molecular complexity index is 1370. The predicted molar refractivity (Wildman–Crippen MR) is 130 cm³/mol. The Morgan fingerprint density at radius 3 is 2.29 bits per heavy atom. The fourth-order valence-electron chi connectivity index (χ4n) is 3.70. The summed E-state index contributed by atoms with van der Waals surface area (Å²) in [4.78, 5) is 18.9. The zero-order valence-corrected chi connectivity index (χ0v) is 17.8. The van der Waals surface area contributed by atoms with E-state index in [1.807, 2.05) is 84.9 Å². The molecule has 5 aromatic rings. The number of amides is 1. The first-order valence-corrected chi connectivity index (χ1v) is 10.9. The van der Waals surface area contributed by atoms with Gasteiger partial charge in [0.1, 0.15) is 5.01 Å². The van der Waals surface area contributed by atoms with Crippen LogP contribution >= 0.6 is 11.3 Å². The molecule has 1 aromatic heterocycles. The van der Waals surface area contributed by atoms with E-state index in [-0.39, 0.29) is 5.91 Å². The van der Waals surface area contributed by atoms with Gasteiger partial charge in [-0.25, -0.2) is 4.98 Å². The van der Waals surface area contributed by atoms with E-state index in [0.717, 1.165) is 38.3 Å². The molecule has 3 nitrogen and oxygen atoms in total. The molecule has 0 unspecified atom stereocenters. The maximum Gasteiger partial charge on any atom is 0.256 e. The molecule has 1 N–H and O–H groups in total. The molecule has 0 saturated heterocycles. The SMILES string of the molecule is Cc1sc(-c2ccccc2)nc1-c1ccc(NC(=O)c2cccc3ccccc23)cc1. The van der Waals surface area contributed by atoms with Crippen LogP contribution in [0.1, 0.15) is 15.2 Å². The Morgan fingerprint density at radius 1 is 0.774 bits per heavy atom. The number of anilines is 1. The lowest BCUT2D eigenvalue weighted by Gasteiger charge is -2.09. The average molecular weight is 421 g/mol. The second-order valence-corrected chi connectivity index (χ2v) is 8.55. The smallest absolute Gasteiger partial charge is 0.256 e. The Hall–Kier alpha value is -3.76. The van der Waals surface area contributed by atoms with Gasteiger partial charge in [0.15, 0.2) is 0 Å². The number of carbonyl (C=O) groups excluding carboxylic acids is 1. The molecule has 0 bridgehead atoms. The van der Waals surface area contributed by atoms with E-state index in [9.17, 15) is 4.79 Å². The molecule has 0 radical (unpaired) electrons. The Kier molecular flexibility index (Phi) is 5.06. The monoisotopic (exact) mass is 420 g/mol. The van der Waals surface area contributed by atoms with Crippen LogP contribution in [0.15, 0.2) is 97.1 Å². The lowest BCUT2D eigenvalue weighted by atomic mass is 10.0. The molecule has 4 heteroatoms. The highest BCUT2D eigenvalue weighted by Crippen LogP contribution is 2.33. The van der Waals surface area contributed by atoms with Crippen molar-refractivity contribution >= 4 is 33.7 Å². The first-order chi connectivity index (χ1) is 15.2. The first-order valence-electron chi connectivity index (χ1n) is 10.1. The minimum Gasteiger partial charge on any atom is -0.322 e. The van der Waals surface area contributed by atoms with E-state index < -0.39 is 0 Å². The number of aryl methyl sites for hydroxylation is 1. The van der Waals surface area contributed by atoms with E-state index in [1.54, 1.807) is 11.3 Å². The van der Waals surface area contributed by atoms with Crippen LogP contribution in [-0.4, -0.2) is 10.9 Å². The fraction of sp³-hybridized carbons (Fsp3) is 0.0370. The van der Waals surface area contributed by atoms with Gasteiger partial charge in [-0.1, -0.05) is 78.9 Å². The average Bonchev–Trinajstić information content (AvgIpc) is 3.21. The lowest BCUT2D eigenvalue weighted by Crippen LogP contribution is -2.12. The Balaban J connectivity index is 1.38. The molecule has 0 aliphatic carbocycles. The van der Waals surface area contributed by atoms with Gasteiger partial charge >= 0.3 is 0 Å². The van der Waals surface area contributed by atoms with Crippen molar-refractivity contribution in [3.8, 4) is 21.8 Å². The van der Waals surface area contributed by atoms with Crippen molar-refractivity contribution in [1.82, 2.24) is 4.98 Å². The van der Waals surface area contributed by atoms with Crippen LogP contribution in [0.5, 0.6) is 0 Å². The third-order valence-corrected chi connectivity index (χ3v) is 6.29. The van der Waals surface area contributed by atoms with Crippen molar-refractivity contribution in [3.63, 3.8) is 0 Å². The van der Waals surface area contributed by atoms with Gasteiger partial charge in [0.25, 0.3) is 5.91 Å². The molecule has 0 saturated carbocycles. The van der Waals surface area contributed by atoms with E-state index in [1.165, 1.54) is 4.88 Å². The van der Waals surface area contributed by atoms with E-state index in [2.05, 4.69) is 24.4 Å². The largest absolute Gasteiger partial charge is 0.322 e. The minimum absolute atomic E-state index is 0.110. The summed E-state index contributed by atoms with van der Waals surface area (Å²) in [6.45, 7) is 2.09. The van der Waals surface area contributed by atoms with Crippen LogP contribution in [0.25, 0.3) is 32.6 Å². The number of rotatable bonds is 4. The normalized spacial score (nSPS) is 10.9. The van der Waals surface area contributed by atoms with Gasteiger partial charge in [-0.3, -0.25) is 4.79 Å². The predicted octanol–water partition coefficient (Wildman–Crippen LogP) is 7.19. The summed E-state index contributed by atoms with van der Waals surface area (Å²) in [5.41, 5.74) is 4.58. The van der Waals surface area contributed by atoms with Gasteiger partial charge in [-0.2, -0.15) is 0 Å². The highest BCUT2D eigenvalue weighted by atomic mass is 32.1. The summed E-state index contributed by atoms with van der Waals surface area (Å²) >= 11 is 1.69. The molecule has 1 amide bonds. The summed E-state index contributed by atoms with van der Waals surface area (Å²) < 4.78 is 0. The molecule has 0 spiro atoms. The highest BCUT2D eigenvalue weighted by Gasteiger charge is 2.13. The summed E-state index contributed by atoms with van der Waals surface area (Å²) in [5, 5.41) is 6.04. The third kappa shape index (κ3) is 3.86. The number of hydrogen-bond donors (Lipinski definition) is 1. The molecule has 5 rings (SSSR count). The van der Waals surface area contributed by atoms with Crippen LogP contribution < -0.4 is 5.32 Å². The molecule has 150 valence electrons. The first kappa shape index (κ1) is 19.2. The van der Waals surface area contributed by atoms with Gasteiger partial charge in [0, 0.05) is 27.3 Å². The maximum atomic E-state index is 12.9. The quantitative estimate of drug-likeness (QED) is 0.334. The number of thiazole rings is 1. The van der Waals surface area contributed by atoms with E-state index in [4.69, 9.17) is 4.98 Å². The van der Waals surface area contributed by atoms with Crippen LogP contribution in [-0.2, 0) is 0 Å². The summed E-state index contributed by atoms with van der Waals surface area (Å²) in [6, 6.07) is 31.8. The Morgan fingerprint density at radius 2 is 1.48 bits per heavy atom. The van der Waals surface area contributed by atoms with Gasteiger partial charge in [0.2, 0.25) is 0 Å². The summed E-state index contributed by atoms with van der Waals surface area (Å²) in [7, 11) is 0. The zero-order valence-electron chi connectivity index (χ0n) is 17.0. The topological polar surface area (TPSA) is 42.0 Å². The fourth-order valence-corrected chi connectivity index (χ4v) is 4.64. The Labute approximate surface area is 185 Å². The zero-order chi connectivity index (χ0) is 21.2. The molecule has 4 aromatic carbocycles. The molecule has 0 fully saturated rings. The lowest BCUT2D eigenvalue weighted by molar-refractivity contribution is 0.102. The molecule has 1 heterocycles. The van der Waals surface area contributed by atoms with Gasteiger partial charge < -0.3 is 5.32 Å². The highest BCUT2D eigenvalue weighted by molar-refractivity contribution is 7.15. The van der Waals surface area contributed by atoms with Crippen LogP contribution in [0.3, 0.4) is 0 Å². The third-order valence-electron chi connectivity index (χ3n) is 5.27.